The SMILES string of the molecule is CCN1CCN(C(=O)NC(C(=O)NC(Cc2ccc(SCc3ccc(OC)cc3)c(C(=O)OC(C)(C)C)c2OC(=O)OC(C)(C)C)B2O[C@@H]3C[C@@H]4C[C@@H](C4(C)C)[C@]3(C)O2)c2csc(NC(=O)OCc3ccccc3)n2)C(=O)C1=O. The highest BCUT2D eigenvalue weighted by atomic mass is 32.2. The van der Waals surface area contributed by atoms with E-state index in [9.17, 15) is 28.8 Å². The molecule has 6 atom stereocenters. The van der Waals surface area contributed by atoms with Gasteiger partial charge in [0.25, 0.3) is 0 Å². The molecule has 5 aliphatic rings. The molecule has 3 aliphatic carbocycles. The first-order valence-corrected chi connectivity index (χ1v) is 28.2. The van der Waals surface area contributed by atoms with Gasteiger partial charge in [0.1, 0.15) is 29.1 Å². The van der Waals surface area contributed by atoms with Crippen molar-refractivity contribution < 1.29 is 66.6 Å². The lowest BCUT2D eigenvalue weighted by Gasteiger charge is -2.64. The van der Waals surface area contributed by atoms with Gasteiger partial charge in [-0.25, -0.2) is 24.2 Å². The molecule has 20 nitrogen and oxygen atoms in total. The summed E-state index contributed by atoms with van der Waals surface area (Å²) in [6.07, 6.45) is -0.936. The lowest BCUT2D eigenvalue weighted by Crippen LogP contribution is -2.65. The highest BCUT2D eigenvalue weighted by molar-refractivity contribution is 7.98. The number of hydrogen-bond acceptors (Lipinski definition) is 17. The molecule has 422 valence electrons. The molecule has 79 heavy (non-hydrogen) atoms. The number of piperazine rings is 1. The summed E-state index contributed by atoms with van der Waals surface area (Å²) in [5.41, 5.74) is -1.10. The molecule has 2 saturated heterocycles. The van der Waals surface area contributed by atoms with Gasteiger partial charge >= 0.3 is 43.2 Å². The normalized spacial score (nSPS) is 21.2. The van der Waals surface area contributed by atoms with Crippen LogP contribution in [0.5, 0.6) is 11.5 Å². The van der Waals surface area contributed by atoms with Gasteiger partial charge in [0.15, 0.2) is 16.9 Å². The van der Waals surface area contributed by atoms with E-state index >= 15 is 4.79 Å². The first-order chi connectivity index (χ1) is 37.3. The number of aromatic nitrogens is 1. The molecular weight excluding hydrogens is 1060 g/mol. The Bertz CT molecular complexity index is 2950. The second-order valence-electron chi connectivity index (χ2n) is 22.8. The monoisotopic (exact) mass is 1120 g/mol. The lowest BCUT2D eigenvalue weighted by molar-refractivity contribution is -0.199. The first-order valence-electron chi connectivity index (χ1n) is 26.3. The zero-order valence-corrected chi connectivity index (χ0v) is 48.1. The quantitative estimate of drug-likeness (QED) is 0.0223. The van der Waals surface area contributed by atoms with Gasteiger partial charge in [-0.3, -0.25) is 24.6 Å². The predicted molar refractivity (Wildman–Crippen MR) is 294 cm³/mol. The number of benzene rings is 3. The minimum atomic E-state index is -1.67. The fourth-order valence-electron chi connectivity index (χ4n) is 10.5. The summed E-state index contributed by atoms with van der Waals surface area (Å²) in [5.74, 6) is -3.48. The molecule has 2 unspecified atom stereocenters. The van der Waals surface area contributed by atoms with Crippen LogP contribution in [0.2, 0.25) is 0 Å². The van der Waals surface area contributed by atoms with E-state index < -0.39 is 77.9 Å². The highest BCUT2D eigenvalue weighted by Crippen LogP contribution is 2.66. The number of nitrogens with zero attached hydrogens (tertiary/aromatic N) is 3. The summed E-state index contributed by atoms with van der Waals surface area (Å²) in [7, 11) is 0.411. The van der Waals surface area contributed by atoms with Crippen molar-refractivity contribution in [3.8, 4) is 11.5 Å². The number of imide groups is 1. The maximum Gasteiger partial charge on any atom is 0.514 e. The van der Waals surface area contributed by atoms with E-state index in [2.05, 4.69) is 34.8 Å². The molecule has 2 bridgehead atoms. The molecule has 3 saturated carbocycles. The minimum Gasteiger partial charge on any atom is -0.497 e. The number of ether oxygens (including phenoxy) is 5. The van der Waals surface area contributed by atoms with Crippen molar-refractivity contribution >= 4 is 77.3 Å². The zero-order valence-electron chi connectivity index (χ0n) is 46.4. The second kappa shape index (κ2) is 23.6. The van der Waals surface area contributed by atoms with Gasteiger partial charge in [0.2, 0.25) is 5.91 Å². The zero-order chi connectivity index (χ0) is 57.2. The number of anilines is 1. The van der Waals surface area contributed by atoms with Gasteiger partial charge in [0.05, 0.1) is 30.4 Å². The van der Waals surface area contributed by atoms with Crippen molar-refractivity contribution in [2.24, 2.45) is 17.3 Å². The van der Waals surface area contributed by atoms with Gasteiger partial charge in [-0.2, -0.15) is 0 Å². The van der Waals surface area contributed by atoms with Crippen LogP contribution in [0, 0.1) is 17.3 Å². The molecule has 3 aromatic carbocycles. The van der Waals surface area contributed by atoms with Crippen molar-refractivity contribution in [2.45, 2.75) is 141 Å². The third-order valence-electron chi connectivity index (χ3n) is 14.7. The summed E-state index contributed by atoms with van der Waals surface area (Å²) in [5, 5.41) is 9.73. The first kappa shape index (κ1) is 58.5. The number of urea groups is 1. The number of thiazole rings is 1. The number of hydrogen-bond donors (Lipinski definition) is 3. The minimum absolute atomic E-state index is 0.0177. The standard InChI is InChI=1S/C56H69BN6O14S2/c1-12-62-24-25-63(47(66)46(62)65)50(68)60-43(37-31-79-49(58-37)61-51(69)72-29-32-16-14-13-15-17-32)45(64)59-41(57-76-40-28-35-27-39(55(35,8)9)56(40,10)77-57)26-34-20-23-38(78-30-33-18-21-36(71-11)22-19-33)42(48(67)74-53(2,3)4)44(34)73-52(70)75-54(5,6)7/h13-23,31,35,39-41,43H,12,24-30H2,1-11H3,(H,59,64)(H,60,68)(H,58,61,69)/t35-,39-,40+,41?,43?,56-/m0/s1. The molecule has 2 aliphatic heterocycles. The Labute approximate surface area is 468 Å². The average molecular weight is 1130 g/mol. The van der Waals surface area contributed by atoms with Crippen molar-refractivity contribution in [1.82, 2.24) is 25.4 Å². The van der Waals surface area contributed by atoms with Gasteiger partial charge in [0, 0.05) is 35.7 Å². The van der Waals surface area contributed by atoms with E-state index in [1.54, 1.807) is 79.8 Å². The van der Waals surface area contributed by atoms with Crippen molar-refractivity contribution in [3.05, 3.63) is 100 Å². The fraction of sp³-hybridized carbons (Fsp3) is 0.500. The van der Waals surface area contributed by atoms with Crippen molar-refractivity contribution in [1.29, 1.82) is 0 Å². The van der Waals surface area contributed by atoms with Crippen LogP contribution in [0.4, 0.5) is 19.5 Å². The van der Waals surface area contributed by atoms with Crippen molar-refractivity contribution in [2.75, 3.05) is 32.1 Å². The maximum absolute atomic E-state index is 15.3. The second-order valence-corrected chi connectivity index (χ2v) is 24.7. The van der Waals surface area contributed by atoms with E-state index in [4.69, 9.17) is 33.0 Å². The van der Waals surface area contributed by atoms with Crippen LogP contribution >= 0.6 is 23.1 Å². The molecular formula is C56H69BN6O14S2. The summed E-state index contributed by atoms with van der Waals surface area (Å²) in [6.45, 7) is 18.4. The van der Waals surface area contributed by atoms with Crippen LogP contribution < -0.4 is 25.4 Å². The molecule has 6 amide bonds. The van der Waals surface area contributed by atoms with Crippen LogP contribution in [0.3, 0.4) is 0 Å². The number of thioether (sulfide) groups is 1. The summed E-state index contributed by atoms with van der Waals surface area (Å²) in [6, 6.07) is 17.1. The Balaban J connectivity index is 1.18. The number of methoxy groups -OCH3 is 1. The third-order valence-corrected chi connectivity index (χ3v) is 16.6. The average Bonchev–Trinajstić information content (AvgIpc) is 3.68. The Morgan fingerprint density at radius 2 is 1.59 bits per heavy atom. The smallest absolute Gasteiger partial charge is 0.497 e. The van der Waals surface area contributed by atoms with E-state index in [-0.39, 0.29) is 77.8 Å². The number of nitrogens with one attached hydrogen (secondary N) is 3. The topological polar surface area (TPSA) is 240 Å². The number of rotatable bonds is 17. The van der Waals surface area contributed by atoms with Crippen LogP contribution in [0.25, 0.3) is 0 Å². The summed E-state index contributed by atoms with van der Waals surface area (Å²) in [4.78, 5) is 104. The Morgan fingerprint density at radius 3 is 2.25 bits per heavy atom. The summed E-state index contributed by atoms with van der Waals surface area (Å²) >= 11 is 2.25. The molecule has 23 heteroatoms. The molecule has 3 heterocycles. The van der Waals surface area contributed by atoms with E-state index in [1.807, 2.05) is 49.4 Å². The number of carbonyl (C=O) groups is 7. The van der Waals surface area contributed by atoms with Crippen LogP contribution in [0.15, 0.2) is 77.0 Å². The van der Waals surface area contributed by atoms with Gasteiger partial charge in [-0.05, 0) is 127 Å². The van der Waals surface area contributed by atoms with Crippen LogP contribution in [0.1, 0.15) is 121 Å². The molecule has 0 radical (unpaired) electrons. The van der Waals surface area contributed by atoms with Gasteiger partial charge in [-0.1, -0.05) is 62.4 Å². The predicted octanol–water partition coefficient (Wildman–Crippen LogP) is 8.90. The molecule has 9 rings (SSSR count). The third kappa shape index (κ3) is 13.5. The Morgan fingerprint density at radius 1 is 0.886 bits per heavy atom. The van der Waals surface area contributed by atoms with E-state index in [1.165, 1.54) is 22.0 Å². The summed E-state index contributed by atoms with van der Waals surface area (Å²) < 4.78 is 42.4. The van der Waals surface area contributed by atoms with E-state index in [0.717, 1.165) is 33.8 Å². The molecule has 1 aromatic heterocycles. The molecule has 5 fully saturated rings. The largest absolute Gasteiger partial charge is 0.514 e. The van der Waals surface area contributed by atoms with Crippen LogP contribution in [-0.2, 0) is 56.7 Å². The fourth-order valence-corrected chi connectivity index (χ4v) is 12.2. The Kier molecular flexibility index (Phi) is 17.4. The molecule has 3 N–H and O–H groups in total. The number of esters is 1. The van der Waals surface area contributed by atoms with Gasteiger partial charge < -0.3 is 48.5 Å². The van der Waals surface area contributed by atoms with E-state index in [0.29, 0.717) is 28.7 Å². The highest BCUT2D eigenvalue weighted by Gasteiger charge is 2.68. The number of amides is 6. The lowest BCUT2D eigenvalue weighted by atomic mass is 9.43. The van der Waals surface area contributed by atoms with Gasteiger partial charge in [-0.15, -0.1) is 23.1 Å². The van der Waals surface area contributed by atoms with Crippen LogP contribution in [-0.4, -0.2) is 119 Å². The molecule has 0 spiro atoms. The number of carbonyl (C=O) groups excluding carboxylic acids is 7. The number of likely N-dealkylation sites (N-methyl/N-ethyl adjacent to an activating group) is 1. The maximum atomic E-state index is 15.3. The Hall–Kier alpha value is -6.69. The molecule has 4 aromatic rings. The van der Waals surface area contributed by atoms with Crippen molar-refractivity contribution in [3.63, 3.8) is 0 Å².